The van der Waals surface area contributed by atoms with Crippen molar-refractivity contribution in [1.82, 2.24) is 0 Å². The zero-order valence-corrected chi connectivity index (χ0v) is 8.93. The lowest BCUT2D eigenvalue weighted by molar-refractivity contribution is 0.504. The molecule has 0 saturated heterocycles. The predicted molar refractivity (Wildman–Crippen MR) is 57.4 cm³/mol. The van der Waals surface area contributed by atoms with Crippen LogP contribution in [-0.2, 0) is 0 Å². The second kappa shape index (κ2) is 3.91. The van der Waals surface area contributed by atoms with E-state index in [1.165, 1.54) is 0 Å². The van der Waals surface area contributed by atoms with Crippen molar-refractivity contribution in [3.63, 3.8) is 0 Å². The van der Waals surface area contributed by atoms with E-state index in [0.717, 1.165) is 0 Å². The molecule has 2 N–H and O–H groups in total. The summed E-state index contributed by atoms with van der Waals surface area (Å²) < 4.78 is 27.1. The fraction of sp³-hybridized carbons (Fsp3) is 0.273. The molecule has 17 heavy (non-hydrogen) atoms. The molecule has 1 aromatic carbocycles. The Morgan fingerprint density at radius 1 is 1.12 bits per heavy atom. The van der Waals surface area contributed by atoms with Crippen LogP contribution in [0.25, 0.3) is 0 Å². The van der Waals surface area contributed by atoms with Gasteiger partial charge in [-0.15, -0.1) is 0 Å². The number of hydrogen-bond acceptors (Lipinski definition) is 4. The van der Waals surface area contributed by atoms with Gasteiger partial charge in [-0.2, -0.15) is 10.5 Å². The third-order valence-corrected chi connectivity index (χ3v) is 2.58. The molecule has 0 bridgehead atoms. The van der Waals surface area contributed by atoms with Crippen molar-refractivity contribution < 1.29 is 8.78 Å². The Labute approximate surface area is 96.5 Å². The molecule has 0 fully saturated rings. The number of halogens is 2. The van der Waals surface area contributed by atoms with Gasteiger partial charge in [0, 0.05) is 12.6 Å². The average molecular weight is 234 g/mol. The van der Waals surface area contributed by atoms with Gasteiger partial charge in [-0.05, 0) is 6.92 Å². The molecule has 0 radical (unpaired) electrons. The van der Waals surface area contributed by atoms with Crippen molar-refractivity contribution in [2.75, 3.05) is 17.2 Å². The summed E-state index contributed by atoms with van der Waals surface area (Å²) in [5.41, 5.74) is -0.505. The van der Waals surface area contributed by atoms with Gasteiger partial charge in [0.1, 0.15) is 23.3 Å². The zero-order valence-electron chi connectivity index (χ0n) is 8.93. The summed E-state index contributed by atoms with van der Waals surface area (Å²) in [5.74, 6) is -2.57. The number of fused-ring (bicyclic) bond motifs is 1. The number of rotatable bonds is 0. The van der Waals surface area contributed by atoms with Crippen molar-refractivity contribution >= 4 is 11.4 Å². The number of nitrogens with one attached hydrogen (secondary N) is 2. The Balaban J connectivity index is 2.79. The van der Waals surface area contributed by atoms with Gasteiger partial charge in [-0.25, -0.2) is 8.78 Å². The standard InChI is InChI=1S/C11H8F2N4/c1-5-4-16-10-6(2-14)8(12)9(13)7(3-15)11(10)17-5/h5,16-17H,4H2,1H3. The number of benzene rings is 1. The highest BCUT2D eigenvalue weighted by Crippen LogP contribution is 2.36. The minimum absolute atomic E-state index is 0.0361. The van der Waals surface area contributed by atoms with Crippen molar-refractivity contribution in [2.24, 2.45) is 0 Å². The third kappa shape index (κ3) is 1.55. The maximum atomic E-state index is 13.5. The summed E-state index contributed by atoms with van der Waals surface area (Å²) in [7, 11) is 0. The molecule has 0 aromatic heterocycles. The van der Waals surface area contributed by atoms with E-state index in [0.29, 0.717) is 6.54 Å². The van der Waals surface area contributed by atoms with Crippen molar-refractivity contribution in [3.8, 4) is 12.1 Å². The van der Waals surface area contributed by atoms with Crippen molar-refractivity contribution in [2.45, 2.75) is 13.0 Å². The fourth-order valence-corrected chi connectivity index (χ4v) is 1.77. The minimum Gasteiger partial charge on any atom is -0.380 e. The number of hydrogen-bond donors (Lipinski definition) is 2. The first-order chi connectivity index (χ1) is 8.10. The van der Waals surface area contributed by atoms with Gasteiger partial charge in [0.15, 0.2) is 11.6 Å². The van der Waals surface area contributed by atoms with E-state index in [9.17, 15) is 8.78 Å². The lowest BCUT2D eigenvalue weighted by atomic mass is 10.0. The van der Waals surface area contributed by atoms with E-state index in [2.05, 4.69) is 10.6 Å². The zero-order chi connectivity index (χ0) is 12.6. The minimum atomic E-state index is -1.29. The molecule has 0 saturated carbocycles. The highest BCUT2D eigenvalue weighted by atomic mass is 19.2. The highest BCUT2D eigenvalue weighted by molar-refractivity contribution is 5.83. The quantitative estimate of drug-likeness (QED) is 0.719. The monoisotopic (exact) mass is 234 g/mol. The van der Waals surface area contributed by atoms with Crippen LogP contribution in [0.5, 0.6) is 0 Å². The molecule has 0 aliphatic carbocycles. The summed E-state index contributed by atoms with van der Waals surface area (Å²) in [6.45, 7) is 2.29. The molecule has 2 rings (SSSR count). The molecule has 0 amide bonds. The number of anilines is 2. The van der Waals surface area contributed by atoms with Crippen LogP contribution in [0.15, 0.2) is 0 Å². The first-order valence-corrected chi connectivity index (χ1v) is 4.95. The Morgan fingerprint density at radius 2 is 1.65 bits per heavy atom. The Hall–Kier alpha value is -2.34. The molecule has 1 unspecified atom stereocenters. The van der Waals surface area contributed by atoms with Gasteiger partial charge < -0.3 is 10.6 Å². The van der Waals surface area contributed by atoms with Crippen LogP contribution in [0.3, 0.4) is 0 Å². The van der Waals surface area contributed by atoms with Gasteiger partial charge in [-0.3, -0.25) is 0 Å². The maximum Gasteiger partial charge on any atom is 0.180 e. The molecular formula is C11H8F2N4. The van der Waals surface area contributed by atoms with Crippen LogP contribution in [-0.4, -0.2) is 12.6 Å². The normalized spacial score (nSPS) is 17.1. The van der Waals surface area contributed by atoms with Crippen LogP contribution >= 0.6 is 0 Å². The van der Waals surface area contributed by atoms with Gasteiger partial charge in [0.05, 0.1) is 11.4 Å². The molecule has 1 aliphatic rings. The second-order valence-corrected chi connectivity index (χ2v) is 3.78. The summed E-state index contributed by atoms with van der Waals surface area (Å²) in [6.07, 6.45) is 0. The number of nitriles is 2. The SMILES string of the molecule is CC1CNc2c(C#N)c(F)c(F)c(C#N)c2N1. The third-order valence-electron chi connectivity index (χ3n) is 2.58. The van der Waals surface area contributed by atoms with Crippen molar-refractivity contribution in [3.05, 3.63) is 22.8 Å². The first-order valence-electron chi connectivity index (χ1n) is 4.95. The largest absolute Gasteiger partial charge is 0.380 e. The molecular weight excluding hydrogens is 226 g/mol. The molecule has 0 spiro atoms. The van der Waals surface area contributed by atoms with E-state index < -0.39 is 22.8 Å². The second-order valence-electron chi connectivity index (χ2n) is 3.78. The predicted octanol–water partition coefficient (Wildman–Crippen LogP) is 1.93. The van der Waals surface area contributed by atoms with Crippen LogP contribution in [0.2, 0.25) is 0 Å². The van der Waals surface area contributed by atoms with Crippen LogP contribution in [0.4, 0.5) is 20.2 Å². The summed E-state index contributed by atoms with van der Waals surface area (Å²) >= 11 is 0. The van der Waals surface area contributed by atoms with Crippen molar-refractivity contribution in [1.29, 1.82) is 10.5 Å². The molecule has 86 valence electrons. The maximum absolute atomic E-state index is 13.5. The summed E-state index contributed by atoms with van der Waals surface area (Å²) in [5, 5.41) is 23.4. The topological polar surface area (TPSA) is 71.6 Å². The van der Waals surface area contributed by atoms with E-state index in [4.69, 9.17) is 10.5 Å². The van der Waals surface area contributed by atoms with Gasteiger partial charge in [-0.1, -0.05) is 0 Å². The van der Waals surface area contributed by atoms with E-state index in [1.807, 2.05) is 6.92 Å². The Kier molecular flexibility index (Phi) is 2.57. The van der Waals surface area contributed by atoms with E-state index in [-0.39, 0.29) is 17.4 Å². The van der Waals surface area contributed by atoms with Crippen LogP contribution < -0.4 is 10.6 Å². The van der Waals surface area contributed by atoms with Gasteiger partial charge in [0.2, 0.25) is 0 Å². The molecule has 6 heteroatoms. The summed E-state index contributed by atoms with van der Waals surface area (Å²) in [4.78, 5) is 0. The van der Waals surface area contributed by atoms with Gasteiger partial charge in [0.25, 0.3) is 0 Å². The smallest absolute Gasteiger partial charge is 0.180 e. The van der Waals surface area contributed by atoms with Gasteiger partial charge >= 0.3 is 0 Å². The van der Waals surface area contributed by atoms with E-state index in [1.54, 1.807) is 12.1 Å². The lowest BCUT2D eigenvalue weighted by Gasteiger charge is -2.27. The first kappa shape index (κ1) is 11.2. The number of nitrogens with zero attached hydrogens (tertiary/aromatic N) is 2. The Morgan fingerprint density at radius 3 is 2.18 bits per heavy atom. The molecule has 1 heterocycles. The van der Waals surface area contributed by atoms with E-state index >= 15 is 0 Å². The van der Waals surface area contributed by atoms with Crippen LogP contribution in [0.1, 0.15) is 18.1 Å². The molecule has 1 aromatic rings. The molecule has 1 aliphatic heterocycles. The Bertz CT molecular complexity index is 569. The lowest BCUT2D eigenvalue weighted by Crippen LogP contribution is -2.31. The average Bonchev–Trinajstić information content (AvgIpc) is 2.32. The van der Waals surface area contributed by atoms with Crippen LogP contribution in [0, 0.1) is 34.3 Å². The molecule has 4 nitrogen and oxygen atoms in total. The molecule has 1 atom stereocenters. The highest BCUT2D eigenvalue weighted by Gasteiger charge is 2.27. The fourth-order valence-electron chi connectivity index (χ4n) is 1.77. The summed E-state index contributed by atoms with van der Waals surface area (Å²) in [6, 6.07) is 3.18.